The van der Waals surface area contributed by atoms with E-state index in [9.17, 15) is 13.2 Å². The molecule has 0 aliphatic rings. The summed E-state index contributed by atoms with van der Waals surface area (Å²) in [4.78, 5) is 16.8. The zero-order valence-electron chi connectivity index (χ0n) is 14.4. The molecule has 0 aliphatic heterocycles. The van der Waals surface area contributed by atoms with Crippen LogP contribution in [-0.4, -0.2) is 30.4 Å². The van der Waals surface area contributed by atoms with Crippen molar-refractivity contribution < 1.29 is 13.2 Å². The summed E-state index contributed by atoms with van der Waals surface area (Å²) in [5.41, 5.74) is 3.63. The highest BCUT2D eigenvalue weighted by Crippen LogP contribution is 2.19. The number of hydrogen-bond donors (Lipinski definition) is 1. The van der Waals surface area contributed by atoms with Crippen molar-refractivity contribution in [1.29, 1.82) is 0 Å². The Morgan fingerprint density at radius 3 is 2.50 bits per heavy atom. The van der Waals surface area contributed by atoms with Gasteiger partial charge in [0.25, 0.3) is 0 Å². The van der Waals surface area contributed by atoms with Gasteiger partial charge >= 0.3 is 0 Å². The number of sulfonamides is 1. The number of nitrogens with one attached hydrogen (secondary N) is 1. The zero-order valence-corrected chi connectivity index (χ0v) is 15.9. The third-order valence-corrected chi connectivity index (χ3v) is 5.92. The third kappa shape index (κ3) is 3.80. The summed E-state index contributed by atoms with van der Waals surface area (Å²) in [5.74, 6) is -0.227. The van der Waals surface area contributed by atoms with Gasteiger partial charge in [-0.2, -0.15) is 0 Å². The molecule has 2 aromatic carbocycles. The molecule has 0 atom stereocenters. The first-order valence-corrected chi connectivity index (χ1v) is 9.87. The Bertz CT molecular complexity index is 1070. The maximum Gasteiger partial charge on any atom is 0.240 e. The van der Waals surface area contributed by atoms with Crippen molar-refractivity contribution in [2.24, 2.45) is 0 Å². The summed E-state index contributed by atoms with van der Waals surface area (Å²) < 4.78 is 28.3. The van der Waals surface area contributed by atoms with Gasteiger partial charge in [0, 0.05) is 18.0 Å². The summed E-state index contributed by atoms with van der Waals surface area (Å²) in [6, 6.07) is 9.68. The van der Waals surface area contributed by atoms with E-state index in [1.807, 2.05) is 26.0 Å². The van der Waals surface area contributed by atoms with Gasteiger partial charge in [-0.25, -0.2) is 18.1 Å². The lowest BCUT2D eigenvalue weighted by Crippen LogP contribution is -2.27. The minimum Gasteiger partial charge on any atom is -0.274 e. The van der Waals surface area contributed by atoms with Crippen molar-refractivity contribution in [3.05, 3.63) is 58.9 Å². The standard InChI is InChI=1S/C18H18ClN3O3S/c1-12-9-16-17(10-13(12)2)22(11-20-16)18(23)7-8-21-26(24,25)15-5-3-14(19)4-6-15/h3-6,9-11,21H,7-8H2,1-2H3. The fourth-order valence-electron chi connectivity index (χ4n) is 2.57. The Morgan fingerprint density at radius 2 is 1.81 bits per heavy atom. The SMILES string of the molecule is Cc1cc2ncn(C(=O)CCNS(=O)(=O)c3ccc(Cl)cc3)c2cc1C. The molecular weight excluding hydrogens is 374 g/mol. The highest BCUT2D eigenvalue weighted by Gasteiger charge is 2.16. The number of imidazole rings is 1. The second-order valence-electron chi connectivity index (χ2n) is 6.04. The van der Waals surface area contributed by atoms with Crippen LogP contribution in [0.1, 0.15) is 22.3 Å². The van der Waals surface area contributed by atoms with Gasteiger partial charge in [0.1, 0.15) is 6.33 Å². The van der Waals surface area contributed by atoms with Crippen LogP contribution in [0.15, 0.2) is 47.6 Å². The fourth-order valence-corrected chi connectivity index (χ4v) is 3.73. The third-order valence-electron chi connectivity index (χ3n) is 4.19. The Morgan fingerprint density at radius 1 is 1.15 bits per heavy atom. The second-order valence-corrected chi connectivity index (χ2v) is 8.24. The molecule has 3 aromatic rings. The number of hydrogen-bond acceptors (Lipinski definition) is 4. The molecular formula is C18H18ClN3O3S. The normalized spacial score (nSPS) is 11.8. The number of carbonyl (C=O) groups excluding carboxylic acids is 1. The van der Waals surface area contributed by atoms with Crippen LogP contribution in [0.4, 0.5) is 0 Å². The Balaban J connectivity index is 1.69. The highest BCUT2D eigenvalue weighted by atomic mass is 35.5. The lowest BCUT2D eigenvalue weighted by atomic mass is 10.1. The highest BCUT2D eigenvalue weighted by molar-refractivity contribution is 7.89. The topological polar surface area (TPSA) is 81.1 Å². The minimum absolute atomic E-state index is 0.00564. The first-order valence-electron chi connectivity index (χ1n) is 8.01. The maximum atomic E-state index is 12.5. The van der Waals surface area contributed by atoms with Gasteiger partial charge in [-0.3, -0.25) is 9.36 Å². The predicted octanol–water partition coefficient (Wildman–Crippen LogP) is 3.32. The van der Waals surface area contributed by atoms with Gasteiger partial charge in [-0.05, 0) is 61.4 Å². The van der Waals surface area contributed by atoms with Crippen LogP contribution in [0.3, 0.4) is 0 Å². The number of fused-ring (bicyclic) bond motifs is 1. The van der Waals surface area contributed by atoms with Crippen LogP contribution in [0, 0.1) is 13.8 Å². The van der Waals surface area contributed by atoms with Gasteiger partial charge < -0.3 is 0 Å². The van der Waals surface area contributed by atoms with Gasteiger partial charge in [-0.1, -0.05) is 11.6 Å². The largest absolute Gasteiger partial charge is 0.274 e. The zero-order chi connectivity index (χ0) is 18.9. The van der Waals surface area contributed by atoms with Crippen LogP contribution in [0.2, 0.25) is 5.02 Å². The smallest absolute Gasteiger partial charge is 0.240 e. The summed E-state index contributed by atoms with van der Waals surface area (Å²) in [7, 11) is -3.68. The van der Waals surface area contributed by atoms with Crippen molar-refractivity contribution in [3.8, 4) is 0 Å². The second kappa shape index (κ2) is 7.19. The molecule has 0 radical (unpaired) electrons. The predicted molar refractivity (Wildman–Crippen MR) is 101 cm³/mol. The van der Waals surface area contributed by atoms with Crippen molar-refractivity contribution in [3.63, 3.8) is 0 Å². The minimum atomic E-state index is -3.68. The van der Waals surface area contributed by atoms with Crippen LogP contribution in [0.5, 0.6) is 0 Å². The number of aromatic nitrogens is 2. The lowest BCUT2D eigenvalue weighted by Gasteiger charge is -2.08. The number of rotatable bonds is 5. The van der Waals surface area contributed by atoms with Gasteiger partial charge in [0.15, 0.2) is 0 Å². The molecule has 0 amide bonds. The lowest BCUT2D eigenvalue weighted by molar-refractivity contribution is 0.0909. The molecule has 0 bridgehead atoms. The number of carbonyl (C=O) groups is 1. The van der Waals surface area contributed by atoms with E-state index in [0.29, 0.717) is 5.02 Å². The summed E-state index contributed by atoms with van der Waals surface area (Å²) >= 11 is 5.76. The summed E-state index contributed by atoms with van der Waals surface area (Å²) in [6.07, 6.45) is 1.49. The number of halogens is 1. The van der Waals surface area contributed by atoms with E-state index in [2.05, 4.69) is 9.71 Å². The molecule has 6 nitrogen and oxygen atoms in total. The molecule has 0 unspecified atom stereocenters. The van der Waals surface area contributed by atoms with E-state index >= 15 is 0 Å². The fraction of sp³-hybridized carbons (Fsp3) is 0.222. The van der Waals surface area contributed by atoms with E-state index in [0.717, 1.165) is 22.2 Å². The number of aryl methyl sites for hydroxylation is 2. The van der Waals surface area contributed by atoms with Crippen LogP contribution < -0.4 is 4.72 Å². The molecule has 8 heteroatoms. The van der Waals surface area contributed by atoms with E-state index in [-0.39, 0.29) is 23.8 Å². The first-order chi connectivity index (χ1) is 12.3. The van der Waals surface area contributed by atoms with Crippen LogP contribution in [-0.2, 0) is 10.0 Å². The monoisotopic (exact) mass is 391 g/mol. The van der Waals surface area contributed by atoms with Crippen molar-refractivity contribution in [1.82, 2.24) is 14.3 Å². The van der Waals surface area contributed by atoms with Crippen molar-refractivity contribution in [2.45, 2.75) is 25.2 Å². The van der Waals surface area contributed by atoms with Crippen molar-refractivity contribution in [2.75, 3.05) is 6.54 Å². The van der Waals surface area contributed by atoms with E-state index in [1.165, 1.54) is 35.2 Å². The Hall–Kier alpha value is -2.22. The molecule has 0 fully saturated rings. The molecule has 0 spiro atoms. The van der Waals surface area contributed by atoms with E-state index in [4.69, 9.17) is 11.6 Å². The average molecular weight is 392 g/mol. The molecule has 0 aliphatic carbocycles. The number of nitrogens with zero attached hydrogens (tertiary/aromatic N) is 2. The summed E-state index contributed by atoms with van der Waals surface area (Å²) in [5, 5.41) is 0.455. The van der Waals surface area contributed by atoms with Gasteiger partial charge in [-0.15, -0.1) is 0 Å². The number of benzene rings is 2. The van der Waals surface area contributed by atoms with Crippen LogP contribution in [0.25, 0.3) is 11.0 Å². The molecule has 0 saturated heterocycles. The maximum absolute atomic E-state index is 12.5. The van der Waals surface area contributed by atoms with Gasteiger partial charge in [0.2, 0.25) is 15.9 Å². The van der Waals surface area contributed by atoms with Crippen LogP contribution >= 0.6 is 11.6 Å². The Kier molecular flexibility index (Phi) is 5.13. The van der Waals surface area contributed by atoms with Crippen molar-refractivity contribution >= 4 is 38.6 Å². The van der Waals surface area contributed by atoms with E-state index < -0.39 is 10.0 Å². The van der Waals surface area contributed by atoms with E-state index in [1.54, 1.807) is 0 Å². The molecule has 1 N–H and O–H groups in total. The molecule has 3 rings (SSSR count). The Labute approximate surface area is 156 Å². The molecule has 1 heterocycles. The van der Waals surface area contributed by atoms with Gasteiger partial charge in [0.05, 0.1) is 15.9 Å². The molecule has 0 saturated carbocycles. The quantitative estimate of drug-likeness (QED) is 0.723. The first kappa shape index (κ1) is 18.6. The molecule has 136 valence electrons. The average Bonchev–Trinajstić information content (AvgIpc) is 2.98. The summed E-state index contributed by atoms with van der Waals surface area (Å²) in [6.45, 7) is 3.95. The molecule has 1 aromatic heterocycles. The molecule has 26 heavy (non-hydrogen) atoms.